The Morgan fingerprint density at radius 1 is 1.64 bits per heavy atom. The first-order valence-electron chi connectivity index (χ1n) is 3.38. The standard InChI is InChI=1S/C9H12O2/c1-3-5-6-7-8(4-2)9(10)11/h3-6H,1,7H2,2H3,(H,10,11)/b6-5+,8-4+. The third-order valence-electron chi connectivity index (χ3n) is 1.23. The molecular weight excluding hydrogens is 140 g/mol. The maximum Gasteiger partial charge on any atom is 0.331 e. The van der Waals surface area contributed by atoms with Gasteiger partial charge in [-0.1, -0.05) is 30.9 Å². The van der Waals surface area contributed by atoms with Crippen LogP contribution < -0.4 is 0 Å². The molecule has 2 nitrogen and oxygen atoms in total. The Bertz CT molecular complexity index is 200. The Morgan fingerprint density at radius 3 is 2.64 bits per heavy atom. The van der Waals surface area contributed by atoms with Crippen LogP contribution in [0.25, 0.3) is 0 Å². The van der Waals surface area contributed by atoms with E-state index in [0.29, 0.717) is 12.0 Å². The van der Waals surface area contributed by atoms with Gasteiger partial charge in [-0.3, -0.25) is 0 Å². The van der Waals surface area contributed by atoms with Crippen molar-refractivity contribution in [1.29, 1.82) is 0 Å². The molecule has 0 radical (unpaired) electrons. The van der Waals surface area contributed by atoms with E-state index in [-0.39, 0.29) is 0 Å². The molecule has 0 spiro atoms. The van der Waals surface area contributed by atoms with E-state index in [1.807, 2.05) is 0 Å². The van der Waals surface area contributed by atoms with Gasteiger partial charge in [-0.25, -0.2) is 4.79 Å². The van der Waals surface area contributed by atoms with Crippen LogP contribution in [0.4, 0.5) is 0 Å². The number of hydrogen-bond donors (Lipinski definition) is 1. The summed E-state index contributed by atoms with van der Waals surface area (Å²) in [5, 5.41) is 8.54. The molecule has 0 amide bonds. The third kappa shape index (κ3) is 4.14. The Balaban J connectivity index is 4.01. The average molecular weight is 152 g/mol. The Morgan fingerprint density at radius 2 is 2.27 bits per heavy atom. The fraction of sp³-hybridized carbons (Fsp3) is 0.222. The number of rotatable bonds is 4. The summed E-state index contributed by atoms with van der Waals surface area (Å²) in [4.78, 5) is 10.4. The topological polar surface area (TPSA) is 37.3 Å². The SMILES string of the molecule is C=C/C=C/C/C(=C\C)C(=O)O. The summed E-state index contributed by atoms with van der Waals surface area (Å²) in [5.74, 6) is -0.860. The highest BCUT2D eigenvalue weighted by molar-refractivity contribution is 5.86. The zero-order valence-electron chi connectivity index (χ0n) is 6.58. The van der Waals surface area contributed by atoms with E-state index in [4.69, 9.17) is 5.11 Å². The van der Waals surface area contributed by atoms with Crippen LogP contribution in [0.15, 0.2) is 36.5 Å². The summed E-state index contributed by atoms with van der Waals surface area (Å²) in [6.45, 7) is 5.19. The van der Waals surface area contributed by atoms with E-state index in [9.17, 15) is 4.79 Å². The molecule has 0 bridgehead atoms. The molecule has 0 heterocycles. The molecular formula is C9H12O2. The average Bonchev–Trinajstić information content (AvgIpc) is 1.97. The molecule has 0 fully saturated rings. The molecule has 0 aromatic heterocycles. The molecule has 0 aromatic rings. The van der Waals surface area contributed by atoms with Crippen molar-refractivity contribution in [2.24, 2.45) is 0 Å². The zero-order chi connectivity index (χ0) is 8.69. The summed E-state index contributed by atoms with van der Waals surface area (Å²) in [5.41, 5.74) is 0.406. The largest absolute Gasteiger partial charge is 0.478 e. The first kappa shape index (κ1) is 9.69. The summed E-state index contributed by atoms with van der Waals surface area (Å²) in [7, 11) is 0. The fourth-order valence-electron chi connectivity index (χ4n) is 0.620. The van der Waals surface area contributed by atoms with Crippen molar-refractivity contribution in [2.75, 3.05) is 0 Å². The predicted octanol–water partition coefficient (Wildman–Crippen LogP) is 2.15. The quantitative estimate of drug-likeness (QED) is 0.495. The van der Waals surface area contributed by atoms with Crippen molar-refractivity contribution >= 4 is 5.97 Å². The molecule has 0 atom stereocenters. The molecule has 0 aliphatic carbocycles. The maximum atomic E-state index is 10.4. The maximum absolute atomic E-state index is 10.4. The van der Waals surface area contributed by atoms with Crippen LogP contribution in [0.5, 0.6) is 0 Å². The van der Waals surface area contributed by atoms with Crippen molar-refractivity contribution < 1.29 is 9.90 Å². The fourth-order valence-corrected chi connectivity index (χ4v) is 0.620. The van der Waals surface area contributed by atoms with E-state index in [2.05, 4.69) is 6.58 Å². The van der Waals surface area contributed by atoms with Gasteiger partial charge in [0.1, 0.15) is 0 Å². The number of carbonyl (C=O) groups is 1. The summed E-state index contributed by atoms with van der Waals surface area (Å²) < 4.78 is 0. The molecule has 0 aliphatic rings. The lowest BCUT2D eigenvalue weighted by Gasteiger charge is -1.93. The molecule has 0 aliphatic heterocycles. The highest BCUT2D eigenvalue weighted by atomic mass is 16.4. The normalized spacial score (nSPS) is 11.9. The summed E-state index contributed by atoms with van der Waals surface area (Å²) >= 11 is 0. The minimum atomic E-state index is -0.860. The van der Waals surface area contributed by atoms with Gasteiger partial charge in [-0.2, -0.15) is 0 Å². The van der Waals surface area contributed by atoms with Gasteiger partial charge < -0.3 is 5.11 Å². The minimum absolute atomic E-state index is 0.406. The number of carboxylic acids is 1. The molecule has 0 unspecified atom stereocenters. The van der Waals surface area contributed by atoms with Crippen molar-refractivity contribution in [3.63, 3.8) is 0 Å². The molecule has 0 saturated carbocycles. The molecule has 60 valence electrons. The van der Waals surface area contributed by atoms with E-state index in [0.717, 1.165) is 0 Å². The highest BCUT2D eigenvalue weighted by Crippen LogP contribution is 2.01. The van der Waals surface area contributed by atoms with Gasteiger partial charge in [0.15, 0.2) is 0 Å². The van der Waals surface area contributed by atoms with Crippen LogP contribution in [0.2, 0.25) is 0 Å². The van der Waals surface area contributed by atoms with Crippen LogP contribution >= 0.6 is 0 Å². The Kier molecular flexibility index (Phi) is 4.82. The molecule has 0 aromatic carbocycles. The van der Waals surface area contributed by atoms with E-state index in [1.165, 1.54) is 0 Å². The minimum Gasteiger partial charge on any atom is -0.478 e. The molecule has 11 heavy (non-hydrogen) atoms. The first-order chi connectivity index (χ1) is 5.22. The molecule has 2 heteroatoms. The second-order valence-corrected chi connectivity index (χ2v) is 1.99. The summed E-state index contributed by atoms with van der Waals surface area (Å²) in [6, 6.07) is 0. The highest BCUT2D eigenvalue weighted by Gasteiger charge is 2.01. The lowest BCUT2D eigenvalue weighted by atomic mass is 10.2. The summed E-state index contributed by atoms with van der Waals surface area (Å²) in [6.07, 6.45) is 7.16. The Hall–Kier alpha value is -1.31. The van der Waals surface area contributed by atoms with E-state index in [1.54, 1.807) is 31.2 Å². The van der Waals surface area contributed by atoms with Gasteiger partial charge in [0.25, 0.3) is 0 Å². The smallest absolute Gasteiger partial charge is 0.331 e. The third-order valence-corrected chi connectivity index (χ3v) is 1.23. The lowest BCUT2D eigenvalue weighted by molar-refractivity contribution is -0.132. The molecule has 0 rings (SSSR count). The second kappa shape index (κ2) is 5.47. The van der Waals surface area contributed by atoms with Crippen molar-refractivity contribution in [2.45, 2.75) is 13.3 Å². The number of aliphatic carboxylic acids is 1. The lowest BCUT2D eigenvalue weighted by Crippen LogP contribution is -1.98. The Labute approximate surface area is 66.5 Å². The van der Waals surface area contributed by atoms with Crippen LogP contribution in [0.3, 0.4) is 0 Å². The first-order valence-corrected chi connectivity index (χ1v) is 3.38. The van der Waals surface area contributed by atoms with Crippen molar-refractivity contribution in [3.8, 4) is 0 Å². The van der Waals surface area contributed by atoms with Crippen molar-refractivity contribution in [1.82, 2.24) is 0 Å². The van der Waals surface area contributed by atoms with Crippen LogP contribution in [-0.2, 0) is 4.79 Å². The number of hydrogen-bond acceptors (Lipinski definition) is 1. The zero-order valence-corrected chi connectivity index (χ0v) is 6.58. The second-order valence-electron chi connectivity index (χ2n) is 1.99. The monoisotopic (exact) mass is 152 g/mol. The van der Waals surface area contributed by atoms with Gasteiger partial charge in [-0.05, 0) is 13.3 Å². The van der Waals surface area contributed by atoms with Crippen LogP contribution in [0.1, 0.15) is 13.3 Å². The van der Waals surface area contributed by atoms with Gasteiger partial charge in [0.05, 0.1) is 0 Å². The molecule has 1 N–H and O–H groups in total. The van der Waals surface area contributed by atoms with E-state index < -0.39 is 5.97 Å². The van der Waals surface area contributed by atoms with Gasteiger partial charge in [0, 0.05) is 5.57 Å². The van der Waals surface area contributed by atoms with Crippen molar-refractivity contribution in [3.05, 3.63) is 36.5 Å². The van der Waals surface area contributed by atoms with Gasteiger partial charge in [-0.15, -0.1) is 0 Å². The van der Waals surface area contributed by atoms with E-state index >= 15 is 0 Å². The number of allylic oxidation sites excluding steroid dienone is 4. The predicted molar refractivity (Wildman–Crippen MR) is 45.3 cm³/mol. The van der Waals surface area contributed by atoms with Crippen LogP contribution in [0, 0.1) is 0 Å². The number of carboxylic acid groups (broad SMARTS) is 1. The van der Waals surface area contributed by atoms with Crippen LogP contribution in [-0.4, -0.2) is 11.1 Å². The van der Waals surface area contributed by atoms with Gasteiger partial charge in [0.2, 0.25) is 0 Å². The van der Waals surface area contributed by atoms with Gasteiger partial charge >= 0.3 is 5.97 Å². The molecule has 0 saturated heterocycles.